The van der Waals surface area contributed by atoms with Crippen LogP contribution >= 0.6 is 11.6 Å². The first-order valence-corrected chi connectivity index (χ1v) is 7.25. The first-order chi connectivity index (χ1) is 11.1. The Labute approximate surface area is 137 Å². The second-order valence-corrected chi connectivity index (χ2v) is 5.42. The van der Waals surface area contributed by atoms with Crippen LogP contribution in [0.25, 0.3) is 11.3 Å². The van der Waals surface area contributed by atoms with Crippen LogP contribution in [0.4, 0.5) is 5.69 Å². The summed E-state index contributed by atoms with van der Waals surface area (Å²) >= 11 is 6.25. The standard InChI is InChI=1S/C14H14ClN7O/c15-9-5-7(1-4-10(9)23-8-2-3-8)12-11(16)13(20-6-19-12)14(17)21-22-18/h1,4-6,8H,2-3,16H2,(H3,17,18,21). The molecule has 0 aliphatic heterocycles. The van der Waals surface area contributed by atoms with Crippen LogP contribution in [0.1, 0.15) is 18.5 Å². The topological polar surface area (TPSA) is 136 Å². The highest BCUT2D eigenvalue weighted by molar-refractivity contribution is 6.32. The van der Waals surface area contributed by atoms with Gasteiger partial charge < -0.3 is 16.3 Å². The maximum absolute atomic E-state index is 7.73. The zero-order chi connectivity index (χ0) is 16.4. The van der Waals surface area contributed by atoms with Crippen molar-refractivity contribution in [2.45, 2.75) is 18.9 Å². The van der Waals surface area contributed by atoms with E-state index in [0.717, 1.165) is 12.8 Å². The zero-order valence-electron chi connectivity index (χ0n) is 12.0. The lowest BCUT2D eigenvalue weighted by Gasteiger charge is -2.11. The molecule has 0 unspecified atom stereocenters. The van der Waals surface area contributed by atoms with Gasteiger partial charge in [0.2, 0.25) is 0 Å². The SMILES string of the molecule is N=C(N=NN)c1ncnc(-c2ccc(OC3CC3)c(Cl)c2)c1N. The van der Waals surface area contributed by atoms with Crippen LogP contribution in [0.15, 0.2) is 34.9 Å². The Hall–Kier alpha value is -2.74. The third kappa shape index (κ3) is 3.21. The van der Waals surface area contributed by atoms with Crippen LogP contribution in [-0.2, 0) is 0 Å². The molecule has 5 N–H and O–H groups in total. The molecule has 1 aromatic heterocycles. The smallest absolute Gasteiger partial charge is 0.197 e. The van der Waals surface area contributed by atoms with Gasteiger partial charge in [0, 0.05) is 5.56 Å². The Bertz CT molecular complexity index is 789. The average Bonchev–Trinajstić information content (AvgIpc) is 3.34. The van der Waals surface area contributed by atoms with Crippen molar-refractivity contribution in [3.63, 3.8) is 0 Å². The Kier molecular flexibility index (Phi) is 4.07. The maximum atomic E-state index is 7.73. The van der Waals surface area contributed by atoms with Crippen molar-refractivity contribution < 1.29 is 4.74 Å². The summed E-state index contributed by atoms with van der Waals surface area (Å²) in [5.41, 5.74) is 7.54. The van der Waals surface area contributed by atoms with E-state index < -0.39 is 0 Å². The molecular weight excluding hydrogens is 318 g/mol. The molecule has 3 rings (SSSR count). The summed E-state index contributed by atoms with van der Waals surface area (Å²) in [5, 5.41) is 14.7. The number of rotatable bonds is 4. The highest BCUT2D eigenvalue weighted by Gasteiger charge is 2.24. The lowest BCUT2D eigenvalue weighted by Crippen LogP contribution is -2.07. The van der Waals surface area contributed by atoms with Crippen molar-refractivity contribution in [2.24, 2.45) is 16.2 Å². The number of anilines is 1. The lowest BCUT2D eigenvalue weighted by atomic mass is 10.1. The average molecular weight is 332 g/mol. The number of nitrogens with one attached hydrogen (secondary N) is 1. The van der Waals surface area contributed by atoms with Gasteiger partial charge in [-0.3, -0.25) is 5.41 Å². The van der Waals surface area contributed by atoms with E-state index >= 15 is 0 Å². The quantitative estimate of drug-likeness (QED) is 0.260. The molecule has 1 aromatic carbocycles. The van der Waals surface area contributed by atoms with Crippen molar-refractivity contribution in [2.75, 3.05) is 5.73 Å². The molecule has 0 radical (unpaired) electrons. The number of nitrogens with zero attached hydrogens (tertiary/aromatic N) is 4. The van der Waals surface area contributed by atoms with Crippen molar-refractivity contribution in [3.05, 3.63) is 35.2 Å². The molecule has 8 nitrogen and oxygen atoms in total. The first-order valence-electron chi connectivity index (χ1n) is 6.87. The number of aromatic nitrogens is 2. The number of halogens is 1. The predicted octanol–water partition coefficient (Wildman–Crippen LogP) is 2.57. The fourth-order valence-corrected chi connectivity index (χ4v) is 2.25. The Balaban J connectivity index is 1.96. The molecule has 0 atom stereocenters. The molecular formula is C14H14ClN7O. The van der Waals surface area contributed by atoms with Gasteiger partial charge in [0.1, 0.15) is 17.8 Å². The summed E-state index contributed by atoms with van der Waals surface area (Å²) in [6.07, 6.45) is 3.66. The van der Waals surface area contributed by atoms with Crippen LogP contribution in [-0.4, -0.2) is 21.9 Å². The van der Waals surface area contributed by atoms with Gasteiger partial charge in [0.25, 0.3) is 0 Å². The van der Waals surface area contributed by atoms with Gasteiger partial charge in [0.15, 0.2) is 5.84 Å². The minimum Gasteiger partial charge on any atom is -0.489 e. The predicted molar refractivity (Wildman–Crippen MR) is 86.4 cm³/mol. The van der Waals surface area contributed by atoms with Gasteiger partial charge in [-0.2, -0.15) is 0 Å². The molecule has 1 aliphatic carbocycles. The van der Waals surface area contributed by atoms with Crippen LogP contribution in [0.5, 0.6) is 5.75 Å². The Morgan fingerprint density at radius 3 is 2.78 bits per heavy atom. The number of nitrogens with two attached hydrogens (primary N) is 2. The third-order valence-corrected chi connectivity index (χ3v) is 3.58. The summed E-state index contributed by atoms with van der Waals surface area (Å²) in [7, 11) is 0. The Morgan fingerprint density at radius 2 is 2.13 bits per heavy atom. The van der Waals surface area contributed by atoms with E-state index in [-0.39, 0.29) is 23.3 Å². The van der Waals surface area contributed by atoms with Gasteiger partial charge in [-0.25, -0.2) is 9.97 Å². The first kappa shape index (κ1) is 15.2. The monoisotopic (exact) mass is 331 g/mol. The van der Waals surface area contributed by atoms with Crippen LogP contribution < -0.4 is 16.3 Å². The molecule has 0 spiro atoms. The van der Waals surface area contributed by atoms with E-state index in [0.29, 0.717) is 22.0 Å². The molecule has 0 saturated heterocycles. The molecule has 1 aliphatic rings. The zero-order valence-corrected chi connectivity index (χ0v) is 12.8. The fraction of sp³-hybridized carbons (Fsp3) is 0.214. The molecule has 2 aromatic rings. The van der Waals surface area contributed by atoms with Crippen molar-refractivity contribution in [1.29, 1.82) is 5.41 Å². The molecule has 0 bridgehead atoms. The molecule has 1 heterocycles. The van der Waals surface area contributed by atoms with Crippen molar-refractivity contribution in [1.82, 2.24) is 9.97 Å². The molecule has 9 heteroatoms. The number of hydrogen-bond donors (Lipinski definition) is 3. The van der Waals surface area contributed by atoms with Crippen molar-refractivity contribution in [3.8, 4) is 17.0 Å². The van der Waals surface area contributed by atoms with Gasteiger partial charge in [0.05, 0.1) is 22.5 Å². The van der Waals surface area contributed by atoms with Gasteiger partial charge in [-0.15, -0.1) is 5.11 Å². The summed E-state index contributed by atoms with van der Waals surface area (Å²) < 4.78 is 5.70. The molecule has 0 amide bonds. The molecule has 1 saturated carbocycles. The number of amidine groups is 1. The second-order valence-electron chi connectivity index (χ2n) is 5.01. The van der Waals surface area contributed by atoms with Gasteiger partial charge in [-0.1, -0.05) is 16.8 Å². The normalized spacial score (nSPS) is 14.1. The van der Waals surface area contributed by atoms with Gasteiger partial charge in [-0.05, 0) is 31.0 Å². The van der Waals surface area contributed by atoms with Crippen molar-refractivity contribution >= 4 is 23.1 Å². The number of benzene rings is 1. The number of ether oxygens (including phenoxy) is 1. The fourth-order valence-electron chi connectivity index (χ4n) is 2.03. The highest BCUT2D eigenvalue weighted by Crippen LogP contribution is 2.35. The van der Waals surface area contributed by atoms with E-state index in [1.807, 2.05) is 0 Å². The largest absolute Gasteiger partial charge is 0.489 e. The van der Waals surface area contributed by atoms with Crippen LogP contribution in [0.2, 0.25) is 5.02 Å². The molecule has 118 valence electrons. The summed E-state index contributed by atoms with van der Waals surface area (Å²) in [4.78, 5) is 8.10. The third-order valence-electron chi connectivity index (χ3n) is 3.29. The van der Waals surface area contributed by atoms with Gasteiger partial charge >= 0.3 is 0 Å². The van der Waals surface area contributed by atoms with E-state index in [9.17, 15) is 0 Å². The van der Waals surface area contributed by atoms with Crippen LogP contribution in [0, 0.1) is 5.41 Å². The molecule has 23 heavy (non-hydrogen) atoms. The Morgan fingerprint density at radius 1 is 1.35 bits per heavy atom. The molecule has 1 fully saturated rings. The summed E-state index contributed by atoms with van der Waals surface area (Å²) in [5.74, 6) is 5.34. The van der Waals surface area contributed by atoms with E-state index in [1.165, 1.54) is 6.33 Å². The number of nitrogen functional groups attached to an aromatic ring is 1. The van der Waals surface area contributed by atoms with Crippen LogP contribution in [0.3, 0.4) is 0 Å². The van der Waals surface area contributed by atoms with E-state index in [4.69, 9.17) is 33.3 Å². The van der Waals surface area contributed by atoms with E-state index in [2.05, 4.69) is 20.3 Å². The van der Waals surface area contributed by atoms with E-state index in [1.54, 1.807) is 18.2 Å². The minimum atomic E-state index is -0.242. The summed E-state index contributed by atoms with van der Waals surface area (Å²) in [6, 6.07) is 5.30. The second kappa shape index (κ2) is 6.17. The minimum absolute atomic E-state index is 0.152. The summed E-state index contributed by atoms with van der Waals surface area (Å²) in [6.45, 7) is 0. The maximum Gasteiger partial charge on any atom is 0.197 e. The number of hydrogen-bond acceptors (Lipinski definition) is 6. The highest BCUT2D eigenvalue weighted by atomic mass is 35.5. The lowest BCUT2D eigenvalue weighted by molar-refractivity contribution is 0.303.